The molecule has 0 spiro atoms. The van der Waals surface area contributed by atoms with Crippen molar-refractivity contribution in [3.05, 3.63) is 59.9 Å². The van der Waals surface area contributed by atoms with E-state index in [4.69, 9.17) is 0 Å². The summed E-state index contributed by atoms with van der Waals surface area (Å²) in [5.74, 6) is -0.908. The van der Waals surface area contributed by atoms with Crippen molar-refractivity contribution >= 4 is 21.6 Å². The highest BCUT2D eigenvalue weighted by atomic mass is 32.2. The fraction of sp³-hybridized carbons (Fsp3) is 0.458. The molecule has 2 aromatic rings. The molecule has 32 heavy (non-hydrogen) atoms. The van der Waals surface area contributed by atoms with Crippen molar-refractivity contribution in [2.75, 3.05) is 38.1 Å². The lowest BCUT2D eigenvalue weighted by Crippen LogP contribution is -2.45. The van der Waals surface area contributed by atoms with Crippen molar-refractivity contribution in [3.63, 3.8) is 0 Å². The maximum atomic E-state index is 13.2. The van der Waals surface area contributed by atoms with Gasteiger partial charge in [0.05, 0.1) is 10.8 Å². The molecule has 0 N–H and O–H groups in total. The number of benzene rings is 2. The lowest BCUT2D eigenvalue weighted by molar-refractivity contribution is -0.135. The van der Waals surface area contributed by atoms with Gasteiger partial charge in [0.25, 0.3) is 0 Å². The first-order valence-corrected chi connectivity index (χ1v) is 12.6. The predicted octanol–water partition coefficient (Wildman–Crippen LogP) is 3.49. The highest BCUT2D eigenvalue weighted by molar-refractivity contribution is 7.89. The minimum atomic E-state index is -3.76. The molecule has 1 atom stereocenters. The Hall–Kier alpha value is -2.45. The Morgan fingerprint density at radius 2 is 1.72 bits per heavy atom. The second-order valence-electron chi connectivity index (χ2n) is 8.67. The third-order valence-electron chi connectivity index (χ3n) is 6.41. The summed E-state index contributed by atoms with van der Waals surface area (Å²) in [4.78, 5) is 17.4. The quantitative estimate of drug-likeness (QED) is 0.664. The lowest BCUT2D eigenvalue weighted by atomic mass is 9.98. The Balaban J connectivity index is 1.45. The molecule has 2 saturated heterocycles. The van der Waals surface area contributed by atoms with E-state index < -0.39 is 15.8 Å². The highest BCUT2D eigenvalue weighted by Crippen LogP contribution is 2.28. The number of anilines is 1. The molecule has 0 unspecified atom stereocenters. The fourth-order valence-corrected chi connectivity index (χ4v) is 6.20. The van der Waals surface area contributed by atoms with Crippen molar-refractivity contribution in [3.8, 4) is 0 Å². The van der Waals surface area contributed by atoms with Gasteiger partial charge in [-0.1, -0.05) is 18.2 Å². The van der Waals surface area contributed by atoms with E-state index in [0.717, 1.165) is 30.8 Å². The number of hydrogen-bond donors (Lipinski definition) is 0. The van der Waals surface area contributed by atoms with Crippen LogP contribution >= 0.6 is 0 Å². The second kappa shape index (κ2) is 9.58. The summed E-state index contributed by atoms with van der Waals surface area (Å²) in [6, 6.07) is 13.0. The van der Waals surface area contributed by atoms with E-state index in [1.807, 2.05) is 12.1 Å². The summed E-state index contributed by atoms with van der Waals surface area (Å²) >= 11 is 0. The van der Waals surface area contributed by atoms with Crippen molar-refractivity contribution < 1.29 is 17.6 Å². The molecule has 8 heteroatoms. The Morgan fingerprint density at radius 1 is 1.03 bits per heavy atom. The van der Waals surface area contributed by atoms with Gasteiger partial charge in [0.1, 0.15) is 5.82 Å². The Bertz CT molecular complexity index is 1050. The molecule has 2 fully saturated rings. The summed E-state index contributed by atoms with van der Waals surface area (Å²) in [5, 5.41) is 0. The zero-order valence-corrected chi connectivity index (χ0v) is 19.2. The van der Waals surface area contributed by atoms with Crippen LogP contribution in [0.25, 0.3) is 0 Å². The molecule has 2 aliphatic heterocycles. The van der Waals surface area contributed by atoms with Crippen LogP contribution in [-0.4, -0.2) is 56.8 Å². The van der Waals surface area contributed by atoms with Crippen molar-refractivity contribution in [1.29, 1.82) is 0 Å². The average Bonchev–Trinajstić information content (AvgIpc) is 3.34. The monoisotopic (exact) mass is 459 g/mol. The Morgan fingerprint density at radius 3 is 2.44 bits per heavy atom. The van der Waals surface area contributed by atoms with Gasteiger partial charge in [0.2, 0.25) is 15.9 Å². The Labute approximate surface area is 189 Å². The molecule has 2 aliphatic rings. The summed E-state index contributed by atoms with van der Waals surface area (Å²) in [6.07, 6.45) is 3.65. The van der Waals surface area contributed by atoms with Gasteiger partial charge in [0.15, 0.2) is 0 Å². The topological polar surface area (TPSA) is 60.9 Å². The molecule has 2 aromatic carbocycles. The SMILES string of the molecule is CN(Cc1ccccc1N1CCCC1)C(=O)[C@H]1CCCN(S(=O)(=O)c2ccc(F)cc2)C1. The van der Waals surface area contributed by atoms with Crippen LogP contribution < -0.4 is 4.90 Å². The number of hydrogen-bond acceptors (Lipinski definition) is 4. The first kappa shape index (κ1) is 22.7. The van der Waals surface area contributed by atoms with Gasteiger partial charge >= 0.3 is 0 Å². The van der Waals surface area contributed by atoms with Crippen LogP contribution in [0.3, 0.4) is 0 Å². The summed E-state index contributed by atoms with van der Waals surface area (Å²) < 4.78 is 40.6. The third kappa shape index (κ3) is 4.81. The number of amides is 1. The smallest absolute Gasteiger partial charge is 0.243 e. The molecule has 6 nitrogen and oxygen atoms in total. The number of carbonyl (C=O) groups is 1. The van der Waals surface area contributed by atoms with Crippen molar-refractivity contribution in [2.24, 2.45) is 5.92 Å². The number of para-hydroxylation sites is 1. The molecule has 0 aromatic heterocycles. The predicted molar refractivity (Wildman–Crippen MR) is 122 cm³/mol. The van der Waals surface area contributed by atoms with Crippen LogP contribution in [0.15, 0.2) is 53.4 Å². The van der Waals surface area contributed by atoms with Gasteiger partial charge < -0.3 is 9.80 Å². The Kier molecular flexibility index (Phi) is 6.81. The third-order valence-corrected chi connectivity index (χ3v) is 8.29. The molecular formula is C24H30FN3O3S. The fourth-order valence-electron chi connectivity index (χ4n) is 4.67. The summed E-state index contributed by atoms with van der Waals surface area (Å²) in [7, 11) is -1.97. The molecule has 0 radical (unpaired) electrons. The van der Waals surface area contributed by atoms with Gasteiger partial charge in [-0.2, -0.15) is 4.31 Å². The molecule has 0 saturated carbocycles. The maximum absolute atomic E-state index is 13.2. The number of nitrogens with zero attached hydrogens (tertiary/aromatic N) is 3. The standard InChI is InChI=1S/C24H30FN3O3S/c1-26(17-19-7-2-3-9-23(19)27-14-4-5-15-27)24(29)20-8-6-16-28(18-20)32(30,31)22-12-10-21(25)11-13-22/h2-3,7,9-13,20H,4-6,8,14-18H2,1H3/t20-/m0/s1. The molecule has 2 heterocycles. The molecule has 0 aliphatic carbocycles. The number of rotatable bonds is 6. The van der Waals surface area contributed by atoms with Crippen LogP contribution in [0.5, 0.6) is 0 Å². The van der Waals surface area contributed by atoms with E-state index in [1.165, 1.54) is 35.0 Å². The normalized spacial score (nSPS) is 19.8. The summed E-state index contributed by atoms with van der Waals surface area (Å²) in [5.41, 5.74) is 2.28. The van der Waals surface area contributed by atoms with Gasteiger partial charge in [-0.15, -0.1) is 0 Å². The molecule has 4 rings (SSSR count). The van der Waals surface area contributed by atoms with E-state index >= 15 is 0 Å². The largest absolute Gasteiger partial charge is 0.371 e. The van der Waals surface area contributed by atoms with E-state index in [2.05, 4.69) is 17.0 Å². The first-order valence-electron chi connectivity index (χ1n) is 11.2. The van der Waals surface area contributed by atoms with Gasteiger partial charge in [0, 0.05) is 45.5 Å². The number of halogens is 1. The molecule has 172 valence electrons. The molecule has 0 bridgehead atoms. The highest BCUT2D eigenvalue weighted by Gasteiger charge is 2.34. The van der Waals surface area contributed by atoms with E-state index in [-0.39, 0.29) is 23.3 Å². The maximum Gasteiger partial charge on any atom is 0.243 e. The van der Waals surface area contributed by atoms with Crippen molar-refractivity contribution in [2.45, 2.75) is 37.1 Å². The van der Waals surface area contributed by atoms with Crippen LogP contribution in [0, 0.1) is 11.7 Å². The average molecular weight is 460 g/mol. The van der Waals surface area contributed by atoms with Crippen LogP contribution in [0.2, 0.25) is 0 Å². The first-order chi connectivity index (χ1) is 15.4. The number of piperidine rings is 1. The molecule has 1 amide bonds. The zero-order chi connectivity index (χ0) is 22.7. The minimum Gasteiger partial charge on any atom is -0.371 e. The van der Waals surface area contributed by atoms with E-state index in [0.29, 0.717) is 25.9 Å². The van der Waals surface area contributed by atoms with Gasteiger partial charge in [-0.3, -0.25) is 4.79 Å². The molecular weight excluding hydrogens is 429 g/mol. The van der Waals surface area contributed by atoms with E-state index in [1.54, 1.807) is 11.9 Å². The van der Waals surface area contributed by atoms with Crippen LogP contribution in [-0.2, 0) is 21.4 Å². The van der Waals surface area contributed by atoms with Crippen LogP contribution in [0.4, 0.5) is 10.1 Å². The van der Waals surface area contributed by atoms with Gasteiger partial charge in [-0.05, 0) is 61.6 Å². The van der Waals surface area contributed by atoms with Gasteiger partial charge in [-0.25, -0.2) is 12.8 Å². The number of sulfonamides is 1. The zero-order valence-electron chi connectivity index (χ0n) is 18.4. The van der Waals surface area contributed by atoms with E-state index in [9.17, 15) is 17.6 Å². The second-order valence-corrected chi connectivity index (χ2v) is 10.6. The summed E-state index contributed by atoms with van der Waals surface area (Å²) in [6.45, 7) is 3.08. The number of carbonyl (C=O) groups excluding carboxylic acids is 1. The minimum absolute atomic E-state index is 0.0415. The van der Waals surface area contributed by atoms with Crippen molar-refractivity contribution in [1.82, 2.24) is 9.21 Å². The lowest BCUT2D eigenvalue weighted by Gasteiger charge is -2.33. The van der Waals surface area contributed by atoms with Crippen LogP contribution in [0.1, 0.15) is 31.2 Å².